The predicted octanol–water partition coefficient (Wildman–Crippen LogP) is 2.25. The third-order valence-electron chi connectivity index (χ3n) is 4.66. The van der Waals surface area contributed by atoms with Gasteiger partial charge in [-0.15, -0.1) is 0 Å². The van der Waals surface area contributed by atoms with E-state index in [9.17, 15) is 13.2 Å². The molecule has 154 valence electrons. The van der Waals surface area contributed by atoms with Crippen molar-refractivity contribution in [3.63, 3.8) is 0 Å². The molecule has 29 heavy (non-hydrogen) atoms. The molecule has 2 aromatic carbocycles. The third-order valence-corrected chi connectivity index (χ3v) is 6.23. The number of amides is 1. The van der Waals surface area contributed by atoms with E-state index in [1.807, 2.05) is 35.2 Å². The fourth-order valence-corrected chi connectivity index (χ4v) is 4.21. The smallest absolute Gasteiger partial charge is 0.238 e. The van der Waals surface area contributed by atoms with E-state index in [1.54, 1.807) is 37.5 Å². The van der Waals surface area contributed by atoms with Crippen LogP contribution in [0, 0.1) is 0 Å². The van der Waals surface area contributed by atoms with Crippen molar-refractivity contribution < 1.29 is 17.9 Å². The minimum atomic E-state index is -3.47. The molecule has 0 aliphatic carbocycles. The van der Waals surface area contributed by atoms with Gasteiger partial charge < -0.3 is 10.1 Å². The Morgan fingerprint density at radius 3 is 2.31 bits per heavy atom. The zero-order valence-corrected chi connectivity index (χ0v) is 17.1. The topological polar surface area (TPSA) is 79.0 Å². The number of hydrogen-bond acceptors (Lipinski definition) is 5. The van der Waals surface area contributed by atoms with Crippen molar-refractivity contribution in [1.29, 1.82) is 0 Å². The van der Waals surface area contributed by atoms with E-state index in [2.05, 4.69) is 5.32 Å². The summed E-state index contributed by atoms with van der Waals surface area (Å²) in [6, 6.07) is 16.4. The Bertz CT molecular complexity index is 936. The van der Waals surface area contributed by atoms with Crippen LogP contribution in [0.15, 0.2) is 60.0 Å². The van der Waals surface area contributed by atoms with E-state index in [0.717, 1.165) is 11.3 Å². The molecule has 0 radical (unpaired) electrons. The molecule has 1 N–H and O–H groups in total. The summed E-state index contributed by atoms with van der Waals surface area (Å²) in [4.78, 5) is 14.2. The monoisotopic (exact) mass is 415 g/mol. The normalized spacial score (nSPS) is 16.0. The lowest BCUT2D eigenvalue weighted by Gasteiger charge is -2.32. The second-order valence-electron chi connectivity index (χ2n) is 6.71. The van der Waals surface area contributed by atoms with Crippen molar-refractivity contribution in [2.75, 3.05) is 45.2 Å². The fraction of sp³-hybridized carbons (Fsp3) is 0.286. The number of benzene rings is 2. The van der Waals surface area contributed by atoms with Crippen LogP contribution >= 0.6 is 0 Å². The van der Waals surface area contributed by atoms with Crippen LogP contribution < -0.4 is 10.1 Å². The lowest BCUT2D eigenvalue weighted by atomic mass is 10.2. The minimum absolute atomic E-state index is 0.129. The molecule has 1 amide bonds. The molecule has 0 saturated carbocycles. The van der Waals surface area contributed by atoms with Crippen LogP contribution in [0.2, 0.25) is 0 Å². The Balaban J connectivity index is 1.48. The van der Waals surface area contributed by atoms with Gasteiger partial charge in [0.15, 0.2) is 0 Å². The van der Waals surface area contributed by atoms with Crippen LogP contribution in [0.1, 0.15) is 5.56 Å². The number of carbonyl (C=O) groups excluding carboxylic acids is 1. The summed E-state index contributed by atoms with van der Waals surface area (Å²) in [5.74, 6) is 0.595. The molecule has 0 spiro atoms. The van der Waals surface area contributed by atoms with E-state index in [4.69, 9.17) is 4.74 Å². The van der Waals surface area contributed by atoms with E-state index in [-0.39, 0.29) is 12.5 Å². The Morgan fingerprint density at radius 2 is 1.69 bits per heavy atom. The highest BCUT2D eigenvalue weighted by molar-refractivity contribution is 7.92. The molecule has 0 bridgehead atoms. The molecule has 8 heteroatoms. The lowest BCUT2D eigenvalue weighted by Crippen LogP contribution is -2.49. The van der Waals surface area contributed by atoms with Gasteiger partial charge in [-0.05, 0) is 35.9 Å². The van der Waals surface area contributed by atoms with Gasteiger partial charge in [0.2, 0.25) is 15.9 Å². The Labute approximate surface area is 171 Å². The first-order chi connectivity index (χ1) is 14.0. The molecule has 2 aromatic rings. The van der Waals surface area contributed by atoms with Crippen molar-refractivity contribution in [3.05, 3.63) is 65.6 Å². The third kappa shape index (κ3) is 6.15. The average Bonchev–Trinajstić information content (AvgIpc) is 2.74. The zero-order valence-electron chi connectivity index (χ0n) is 16.3. The van der Waals surface area contributed by atoms with Crippen molar-refractivity contribution in [2.45, 2.75) is 0 Å². The van der Waals surface area contributed by atoms with Crippen LogP contribution in [0.3, 0.4) is 0 Å². The molecule has 7 nitrogen and oxygen atoms in total. The van der Waals surface area contributed by atoms with Gasteiger partial charge in [0, 0.05) is 37.3 Å². The second-order valence-corrected chi connectivity index (χ2v) is 8.53. The summed E-state index contributed by atoms with van der Waals surface area (Å²) in [6.07, 6.45) is 1.60. The number of rotatable bonds is 7. The molecule has 1 aliphatic rings. The van der Waals surface area contributed by atoms with Crippen LogP contribution in [0.4, 0.5) is 5.69 Å². The summed E-state index contributed by atoms with van der Waals surface area (Å²) in [5, 5.41) is 4.09. The molecule has 0 atom stereocenters. The molecule has 3 rings (SSSR count). The lowest BCUT2D eigenvalue weighted by molar-refractivity contribution is -0.117. The van der Waals surface area contributed by atoms with Crippen molar-refractivity contribution in [2.24, 2.45) is 0 Å². The fourth-order valence-electron chi connectivity index (χ4n) is 3.03. The van der Waals surface area contributed by atoms with E-state index in [1.165, 1.54) is 9.71 Å². The predicted molar refractivity (Wildman–Crippen MR) is 114 cm³/mol. The molecule has 1 fully saturated rings. The minimum Gasteiger partial charge on any atom is -0.497 e. The molecule has 1 heterocycles. The number of carbonyl (C=O) groups is 1. The maximum Gasteiger partial charge on any atom is 0.238 e. The molecule has 1 saturated heterocycles. The highest BCUT2D eigenvalue weighted by Crippen LogP contribution is 2.15. The van der Waals surface area contributed by atoms with E-state index < -0.39 is 10.0 Å². The second kappa shape index (κ2) is 9.69. The van der Waals surface area contributed by atoms with Gasteiger partial charge in [0.05, 0.1) is 13.7 Å². The summed E-state index contributed by atoms with van der Waals surface area (Å²) in [5.41, 5.74) is 1.54. The van der Waals surface area contributed by atoms with E-state index >= 15 is 0 Å². The highest BCUT2D eigenvalue weighted by atomic mass is 32.2. The molecular weight excluding hydrogens is 390 g/mol. The summed E-state index contributed by atoms with van der Waals surface area (Å²) >= 11 is 0. The maximum atomic E-state index is 12.5. The number of methoxy groups -OCH3 is 1. The molecular formula is C21H25N3O4S. The molecule has 0 aromatic heterocycles. The SMILES string of the molecule is COc1ccc(NC(=O)CN2CCN(S(=O)(=O)/C=C/c3ccccc3)CC2)cc1. The van der Waals surface area contributed by atoms with Crippen molar-refractivity contribution >= 4 is 27.7 Å². The van der Waals surface area contributed by atoms with Crippen LogP contribution in [0.25, 0.3) is 6.08 Å². The first-order valence-corrected chi connectivity index (χ1v) is 10.9. The quantitative estimate of drug-likeness (QED) is 0.750. The number of ether oxygens (including phenoxy) is 1. The first kappa shape index (κ1) is 21.0. The van der Waals surface area contributed by atoms with E-state index in [0.29, 0.717) is 31.9 Å². The van der Waals surface area contributed by atoms with Gasteiger partial charge in [-0.3, -0.25) is 9.69 Å². The summed E-state index contributed by atoms with van der Waals surface area (Å²) in [6.45, 7) is 1.96. The standard InChI is InChI=1S/C21H25N3O4S/c1-28-20-9-7-19(8-10-20)22-21(25)17-23-12-14-24(15-13-23)29(26,27)16-11-18-5-3-2-4-6-18/h2-11,16H,12-15,17H2,1H3,(H,22,25)/b16-11+. The van der Waals surface area contributed by atoms with Gasteiger partial charge in [0.1, 0.15) is 5.75 Å². The van der Waals surface area contributed by atoms with Crippen LogP contribution in [-0.4, -0.2) is 63.4 Å². The van der Waals surface area contributed by atoms with Gasteiger partial charge >= 0.3 is 0 Å². The van der Waals surface area contributed by atoms with Crippen molar-refractivity contribution in [1.82, 2.24) is 9.21 Å². The number of sulfonamides is 1. The van der Waals surface area contributed by atoms with Gasteiger partial charge in [-0.2, -0.15) is 4.31 Å². The van der Waals surface area contributed by atoms with Gasteiger partial charge in [0.25, 0.3) is 0 Å². The first-order valence-electron chi connectivity index (χ1n) is 9.36. The highest BCUT2D eigenvalue weighted by Gasteiger charge is 2.25. The summed E-state index contributed by atoms with van der Waals surface area (Å²) < 4.78 is 31.6. The van der Waals surface area contributed by atoms with Crippen molar-refractivity contribution in [3.8, 4) is 5.75 Å². The number of anilines is 1. The van der Waals surface area contributed by atoms with Crippen LogP contribution in [0.5, 0.6) is 5.75 Å². The zero-order chi connectivity index (χ0) is 20.7. The van der Waals surface area contributed by atoms with Gasteiger partial charge in [-0.1, -0.05) is 30.3 Å². The number of nitrogens with zero attached hydrogens (tertiary/aromatic N) is 2. The number of piperazine rings is 1. The molecule has 1 aliphatic heterocycles. The number of hydrogen-bond donors (Lipinski definition) is 1. The average molecular weight is 416 g/mol. The number of nitrogens with one attached hydrogen (secondary N) is 1. The Kier molecular flexibility index (Phi) is 7.03. The Hall–Kier alpha value is -2.68. The maximum absolute atomic E-state index is 12.5. The largest absolute Gasteiger partial charge is 0.497 e. The Morgan fingerprint density at radius 1 is 1.03 bits per heavy atom. The molecule has 0 unspecified atom stereocenters. The van der Waals surface area contributed by atoms with Crippen LogP contribution in [-0.2, 0) is 14.8 Å². The summed E-state index contributed by atoms with van der Waals surface area (Å²) in [7, 11) is -1.89. The van der Waals surface area contributed by atoms with Gasteiger partial charge in [-0.25, -0.2) is 8.42 Å².